The van der Waals surface area contributed by atoms with E-state index in [9.17, 15) is 13.5 Å². The van der Waals surface area contributed by atoms with Crippen molar-refractivity contribution in [3.8, 4) is 5.75 Å². The minimum atomic E-state index is -3.74. The Morgan fingerprint density at radius 1 is 1.40 bits per heavy atom. The molecule has 0 radical (unpaired) electrons. The van der Waals surface area contributed by atoms with Gasteiger partial charge < -0.3 is 9.84 Å². The van der Waals surface area contributed by atoms with Crippen LogP contribution in [0.3, 0.4) is 0 Å². The molecule has 1 aromatic carbocycles. The molecule has 112 valence electrons. The zero-order valence-electron chi connectivity index (χ0n) is 11.2. The van der Waals surface area contributed by atoms with E-state index in [0.29, 0.717) is 17.9 Å². The molecule has 7 heteroatoms. The van der Waals surface area contributed by atoms with Gasteiger partial charge in [-0.05, 0) is 25.0 Å². The summed E-state index contributed by atoms with van der Waals surface area (Å²) in [5, 5.41) is 10.6. The second kappa shape index (κ2) is 5.89. The van der Waals surface area contributed by atoms with E-state index in [-0.39, 0.29) is 17.2 Å². The molecular weight excluding hydrogens is 302 g/mol. The van der Waals surface area contributed by atoms with Gasteiger partial charge in [-0.1, -0.05) is 24.4 Å². The summed E-state index contributed by atoms with van der Waals surface area (Å²) in [4.78, 5) is 0.0194. The number of halogens is 1. The first-order valence-corrected chi connectivity index (χ1v) is 8.28. The molecule has 2 N–H and O–H groups in total. The molecule has 0 aliphatic heterocycles. The Morgan fingerprint density at radius 2 is 2.05 bits per heavy atom. The molecular formula is C13H18ClNO4S. The van der Waals surface area contributed by atoms with Crippen LogP contribution in [0, 0.1) is 0 Å². The Kier molecular flexibility index (Phi) is 4.59. The third kappa shape index (κ3) is 3.44. The van der Waals surface area contributed by atoms with E-state index in [1.807, 2.05) is 0 Å². The van der Waals surface area contributed by atoms with Gasteiger partial charge in [0.1, 0.15) is 10.6 Å². The van der Waals surface area contributed by atoms with Gasteiger partial charge in [-0.2, -0.15) is 0 Å². The fourth-order valence-corrected chi connectivity index (χ4v) is 3.81. The highest BCUT2D eigenvalue weighted by molar-refractivity contribution is 7.89. The van der Waals surface area contributed by atoms with Gasteiger partial charge in [0.05, 0.1) is 12.7 Å². The second-order valence-electron chi connectivity index (χ2n) is 5.05. The molecule has 1 aliphatic rings. The van der Waals surface area contributed by atoms with Gasteiger partial charge in [0.2, 0.25) is 10.0 Å². The normalized spacial score (nSPS) is 18.1. The van der Waals surface area contributed by atoms with Crippen molar-refractivity contribution in [1.82, 2.24) is 4.72 Å². The highest BCUT2D eigenvalue weighted by Crippen LogP contribution is 2.30. The maximum Gasteiger partial charge on any atom is 0.244 e. The Labute approximate surface area is 124 Å². The second-order valence-corrected chi connectivity index (χ2v) is 7.22. The average molecular weight is 320 g/mol. The van der Waals surface area contributed by atoms with Crippen molar-refractivity contribution < 1.29 is 18.3 Å². The van der Waals surface area contributed by atoms with E-state index in [1.54, 1.807) is 0 Å². The summed E-state index contributed by atoms with van der Waals surface area (Å²) < 4.78 is 32.0. The molecule has 0 aromatic heterocycles. The van der Waals surface area contributed by atoms with Crippen molar-refractivity contribution >= 4 is 21.6 Å². The summed E-state index contributed by atoms with van der Waals surface area (Å²) in [6, 6.07) is 4.32. The number of hydrogen-bond donors (Lipinski definition) is 2. The molecule has 0 saturated heterocycles. The van der Waals surface area contributed by atoms with Gasteiger partial charge in [-0.15, -0.1) is 0 Å². The average Bonchev–Trinajstić information content (AvgIpc) is 2.84. The van der Waals surface area contributed by atoms with Crippen LogP contribution in [0.4, 0.5) is 0 Å². The van der Waals surface area contributed by atoms with E-state index >= 15 is 0 Å². The van der Waals surface area contributed by atoms with Gasteiger partial charge in [0, 0.05) is 17.6 Å². The summed E-state index contributed by atoms with van der Waals surface area (Å²) in [7, 11) is -2.35. The molecule has 20 heavy (non-hydrogen) atoms. The Morgan fingerprint density at radius 3 is 2.65 bits per heavy atom. The summed E-state index contributed by atoms with van der Waals surface area (Å²) in [6.45, 7) is 0.0150. The Hall–Kier alpha value is -0.820. The summed E-state index contributed by atoms with van der Waals surface area (Å²) in [5.74, 6) is 0.184. The molecule has 0 atom stereocenters. The number of hydrogen-bond acceptors (Lipinski definition) is 4. The van der Waals surface area contributed by atoms with Crippen LogP contribution < -0.4 is 9.46 Å². The van der Waals surface area contributed by atoms with Crippen LogP contribution in [0.1, 0.15) is 25.7 Å². The van der Waals surface area contributed by atoms with Crippen LogP contribution in [-0.4, -0.2) is 32.8 Å². The summed E-state index contributed by atoms with van der Waals surface area (Å²) in [5.41, 5.74) is -0.938. The van der Waals surface area contributed by atoms with Crippen molar-refractivity contribution in [2.45, 2.75) is 36.2 Å². The molecule has 1 aliphatic carbocycles. The molecule has 0 amide bonds. The third-order valence-corrected chi connectivity index (χ3v) is 5.22. The number of sulfonamides is 1. The zero-order valence-corrected chi connectivity index (χ0v) is 12.8. The fourth-order valence-electron chi connectivity index (χ4n) is 2.38. The van der Waals surface area contributed by atoms with E-state index in [0.717, 1.165) is 12.8 Å². The van der Waals surface area contributed by atoms with Crippen molar-refractivity contribution in [2.24, 2.45) is 0 Å². The lowest BCUT2D eigenvalue weighted by atomic mass is 10.0. The third-order valence-electron chi connectivity index (χ3n) is 3.54. The Bertz CT molecular complexity index is 582. The monoisotopic (exact) mass is 319 g/mol. The van der Waals surface area contributed by atoms with Crippen molar-refractivity contribution in [1.29, 1.82) is 0 Å². The summed E-state index contributed by atoms with van der Waals surface area (Å²) >= 11 is 5.81. The van der Waals surface area contributed by atoms with Crippen molar-refractivity contribution in [2.75, 3.05) is 13.7 Å². The highest BCUT2D eigenvalue weighted by atomic mass is 35.5. The van der Waals surface area contributed by atoms with Gasteiger partial charge >= 0.3 is 0 Å². The lowest BCUT2D eigenvalue weighted by Gasteiger charge is -2.22. The number of rotatable bonds is 5. The molecule has 0 bridgehead atoms. The highest BCUT2D eigenvalue weighted by Gasteiger charge is 2.33. The standard InChI is InChI=1S/C13H18ClNO4S/c1-19-11-8-10(14)4-5-12(11)20(17,18)15-9-13(16)6-2-3-7-13/h4-5,8,15-16H,2-3,6-7,9H2,1H3. The number of aliphatic hydroxyl groups is 1. The maximum absolute atomic E-state index is 12.3. The van der Waals surface area contributed by atoms with Crippen LogP contribution in [0.25, 0.3) is 0 Å². The Balaban J connectivity index is 2.18. The number of methoxy groups -OCH3 is 1. The molecule has 0 spiro atoms. The van der Waals surface area contributed by atoms with Crippen molar-refractivity contribution in [3.63, 3.8) is 0 Å². The predicted octanol–water partition coefficient (Wildman–Crippen LogP) is 1.93. The number of ether oxygens (including phenoxy) is 1. The lowest BCUT2D eigenvalue weighted by molar-refractivity contribution is 0.0531. The molecule has 1 fully saturated rings. The fraction of sp³-hybridized carbons (Fsp3) is 0.538. The van der Waals surface area contributed by atoms with Crippen LogP contribution in [-0.2, 0) is 10.0 Å². The first kappa shape index (κ1) is 15.6. The molecule has 2 rings (SSSR count). The quantitative estimate of drug-likeness (QED) is 0.869. The van der Waals surface area contributed by atoms with Crippen LogP contribution in [0.2, 0.25) is 5.02 Å². The first-order valence-electron chi connectivity index (χ1n) is 6.42. The molecule has 0 unspecified atom stereocenters. The number of nitrogens with one attached hydrogen (secondary N) is 1. The van der Waals surface area contributed by atoms with Gasteiger partial charge in [0.25, 0.3) is 0 Å². The van der Waals surface area contributed by atoms with E-state index in [2.05, 4.69) is 4.72 Å². The number of benzene rings is 1. The smallest absolute Gasteiger partial charge is 0.244 e. The molecule has 1 aromatic rings. The van der Waals surface area contributed by atoms with E-state index in [4.69, 9.17) is 16.3 Å². The van der Waals surface area contributed by atoms with Crippen LogP contribution in [0.5, 0.6) is 5.75 Å². The zero-order chi connectivity index (χ0) is 14.8. The minimum Gasteiger partial charge on any atom is -0.495 e. The predicted molar refractivity (Wildman–Crippen MR) is 76.6 cm³/mol. The lowest BCUT2D eigenvalue weighted by Crippen LogP contribution is -2.40. The molecule has 0 heterocycles. The minimum absolute atomic E-state index is 0.0150. The topological polar surface area (TPSA) is 75.6 Å². The van der Waals surface area contributed by atoms with Gasteiger partial charge in [-0.3, -0.25) is 0 Å². The molecule has 1 saturated carbocycles. The van der Waals surface area contributed by atoms with Crippen molar-refractivity contribution in [3.05, 3.63) is 23.2 Å². The molecule has 5 nitrogen and oxygen atoms in total. The van der Waals surface area contributed by atoms with E-state index in [1.165, 1.54) is 25.3 Å². The van der Waals surface area contributed by atoms with E-state index < -0.39 is 15.6 Å². The maximum atomic E-state index is 12.3. The first-order chi connectivity index (χ1) is 9.36. The van der Waals surface area contributed by atoms with Gasteiger partial charge in [-0.25, -0.2) is 13.1 Å². The van der Waals surface area contributed by atoms with Gasteiger partial charge in [0.15, 0.2) is 0 Å². The van der Waals surface area contributed by atoms with Crippen LogP contribution in [0.15, 0.2) is 23.1 Å². The SMILES string of the molecule is COc1cc(Cl)ccc1S(=O)(=O)NCC1(O)CCCC1. The largest absolute Gasteiger partial charge is 0.495 e. The summed E-state index contributed by atoms with van der Waals surface area (Å²) in [6.07, 6.45) is 3.07. The van der Waals surface area contributed by atoms with Crippen LogP contribution >= 0.6 is 11.6 Å².